The SMILES string of the molecule is CC(C)(C)NC(=O)[C@]1(C)CC[C@]2(C)CC[C@]3(C)C(=CC[C@@H]4[C@@]5(C)CCC(=O)C(C)(C)[C@@H]5CC[C@]43C)[C@@H]2C1. The van der Waals surface area contributed by atoms with Gasteiger partial charge in [-0.1, -0.05) is 60.1 Å². The number of nitrogens with one attached hydrogen (secondary N) is 1. The van der Waals surface area contributed by atoms with Crippen LogP contribution in [0.3, 0.4) is 0 Å². The summed E-state index contributed by atoms with van der Waals surface area (Å²) in [6.45, 7) is 23.3. The van der Waals surface area contributed by atoms with Crippen molar-refractivity contribution in [2.24, 2.45) is 50.2 Å². The number of carbonyl (C=O) groups is 2. The molecule has 0 bridgehead atoms. The lowest BCUT2D eigenvalue weighted by atomic mass is 9.33. The second kappa shape index (κ2) is 7.97. The van der Waals surface area contributed by atoms with Crippen LogP contribution in [0, 0.1) is 50.2 Å². The third kappa shape index (κ3) is 3.71. The molecular weight excluding hydrogens is 454 g/mol. The molecule has 8 atom stereocenters. The molecule has 0 aliphatic heterocycles. The minimum atomic E-state index is -0.300. The number of hydrogen-bond donors (Lipinski definition) is 1. The van der Waals surface area contributed by atoms with Crippen molar-refractivity contribution < 1.29 is 9.59 Å². The number of ketones is 1. The van der Waals surface area contributed by atoms with E-state index in [4.69, 9.17) is 0 Å². The molecule has 0 aromatic carbocycles. The molecule has 5 aliphatic rings. The van der Waals surface area contributed by atoms with Crippen molar-refractivity contribution in [1.29, 1.82) is 0 Å². The van der Waals surface area contributed by atoms with Crippen molar-refractivity contribution in [3.63, 3.8) is 0 Å². The first kappa shape index (κ1) is 27.4. The summed E-state index contributed by atoms with van der Waals surface area (Å²) in [6.07, 6.45) is 13.7. The Labute approximate surface area is 227 Å². The largest absolute Gasteiger partial charge is 0.351 e. The van der Waals surface area contributed by atoms with Crippen LogP contribution in [0.4, 0.5) is 0 Å². The lowest BCUT2D eigenvalue weighted by Gasteiger charge is -2.70. The molecule has 0 aromatic heterocycles. The molecule has 4 saturated carbocycles. The average molecular weight is 510 g/mol. The smallest absolute Gasteiger partial charge is 0.226 e. The normalized spacial score (nSPS) is 49.1. The zero-order valence-corrected chi connectivity index (χ0v) is 25.7. The number of amides is 1. The molecule has 0 radical (unpaired) electrons. The third-order valence-electron chi connectivity index (χ3n) is 13.6. The standard InChI is InChI=1S/C34H55NO2/c1-28(2,3)35-27(37)31(7)18-17-30(6)19-20-33(9)22(23(30)21-31)11-12-25-32(8)15-14-26(36)29(4,5)24(32)13-16-34(25,33)10/h11,23-25H,12-21H2,1-10H3,(H,35,37)/t23-,24-,25+,30+,31+,32-,33+,34+/m0/s1. The molecule has 0 aromatic rings. The predicted molar refractivity (Wildman–Crippen MR) is 152 cm³/mol. The number of allylic oxidation sites excluding steroid dienone is 2. The van der Waals surface area contributed by atoms with Crippen LogP contribution in [0.2, 0.25) is 0 Å². The fraction of sp³-hybridized carbons (Fsp3) is 0.882. The van der Waals surface area contributed by atoms with E-state index in [1.165, 1.54) is 25.7 Å². The van der Waals surface area contributed by atoms with Crippen LogP contribution in [-0.2, 0) is 9.59 Å². The van der Waals surface area contributed by atoms with E-state index >= 15 is 0 Å². The maximum Gasteiger partial charge on any atom is 0.226 e. The van der Waals surface area contributed by atoms with Crippen LogP contribution in [0.25, 0.3) is 0 Å². The average Bonchev–Trinajstić information content (AvgIpc) is 2.77. The quantitative estimate of drug-likeness (QED) is 0.362. The van der Waals surface area contributed by atoms with Gasteiger partial charge in [0, 0.05) is 22.8 Å². The van der Waals surface area contributed by atoms with E-state index in [0.29, 0.717) is 29.0 Å². The minimum Gasteiger partial charge on any atom is -0.351 e. The van der Waals surface area contributed by atoms with Gasteiger partial charge in [0.05, 0.1) is 0 Å². The van der Waals surface area contributed by atoms with Crippen LogP contribution < -0.4 is 5.32 Å². The van der Waals surface area contributed by atoms with Gasteiger partial charge in [0.1, 0.15) is 5.78 Å². The number of carbonyl (C=O) groups excluding carboxylic acids is 2. The molecule has 5 rings (SSSR count). The van der Waals surface area contributed by atoms with Crippen molar-refractivity contribution in [3.05, 3.63) is 11.6 Å². The van der Waals surface area contributed by atoms with Crippen LogP contribution in [0.15, 0.2) is 11.6 Å². The topological polar surface area (TPSA) is 46.2 Å². The Bertz CT molecular complexity index is 1030. The van der Waals surface area contributed by atoms with Gasteiger partial charge >= 0.3 is 0 Å². The summed E-state index contributed by atoms with van der Waals surface area (Å²) in [5, 5.41) is 3.33. The Morgan fingerprint density at radius 1 is 0.892 bits per heavy atom. The van der Waals surface area contributed by atoms with Crippen LogP contribution in [0.5, 0.6) is 0 Å². The van der Waals surface area contributed by atoms with Gasteiger partial charge in [-0.15, -0.1) is 0 Å². The van der Waals surface area contributed by atoms with Gasteiger partial charge in [0.15, 0.2) is 0 Å². The second-order valence-corrected chi connectivity index (χ2v) is 17.1. The van der Waals surface area contributed by atoms with Gasteiger partial charge in [-0.2, -0.15) is 0 Å². The Balaban J connectivity index is 1.52. The van der Waals surface area contributed by atoms with Gasteiger partial charge in [-0.25, -0.2) is 0 Å². The molecule has 0 spiro atoms. The number of Topliss-reactive ketones (excluding diaryl/α,β-unsaturated/α-hetero) is 1. The number of hydrogen-bond acceptors (Lipinski definition) is 2. The van der Waals surface area contributed by atoms with E-state index in [1.807, 2.05) is 0 Å². The highest BCUT2D eigenvalue weighted by molar-refractivity contribution is 5.85. The Hall–Kier alpha value is -1.12. The zero-order valence-electron chi connectivity index (χ0n) is 25.7. The van der Waals surface area contributed by atoms with E-state index in [2.05, 4.69) is 80.6 Å². The fourth-order valence-corrected chi connectivity index (χ4v) is 10.9. The lowest BCUT2D eigenvalue weighted by Crippen LogP contribution is -2.64. The van der Waals surface area contributed by atoms with Crippen LogP contribution in [0.1, 0.15) is 133 Å². The van der Waals surface area contributed by atoms with E-state index in [0.717, 1.165) is 38.5 Å². The molecule has 0 heterocycles. The summed E-state index contributed by atoms with van der Waals surface area (Å²) in [4.78, 5) is 26.6. The summed E-state index contributed by atoms with van der Waals surface area (Å²) < 4.78 is 0. The summed E-state index contributed by atoms with van der Waals surface area (Å²) in [7, 11) is 0. The van der Waals surface area contributed by atoms with E-state index < -0.39 is 0 Å². The molecular formula is C34H55NO2. The van der Waals surface area contributed by atoms with Crippen molar-refractivity contribution in [1.82, 2.24) is 5.32 Å². The lowest BCUT2D eigenvalue weighted by molar-refractivity contribution is -0.184. The Morgan fingerprint density at radius 3 is 2.19 bits per heavy atom. The van der Waals surface area contributed by atoms with E-state index in [-0.39, 0.29) is 38.5 Å². The van der Waals surface area contributed by atoms with Crippen molar-refractivity contribution in [2.75, 3.05) is 0 Å². The molecule has 3 heteroatoms. The van der Waals surface area contributed by atoms with Crippen molar-refractivity contribution in [3.8, 4) is 0 Å². The van der Waals surface area contributed by atoms with Gasteiger partial charge < -0.3 is 5.32 Å². The molecule has 3 nitrogen and oxygen atoms in total. The highest BCUT2D eigenvalue weighted by Gasteiger charge is 2.68. The number of rotatable bonds is 1. The first-order chi connectivity index (χ1) is 16.8. The van der Waals surface area contributed by atoms with Gasteiger partial charge in [-0.05, 0) is 118 Å². The first-order valence-corrected chi connectivity index (χ1v) is 15.4. The molecule has 1 amide bonds. The highest BCUT2D eigenvalue weighted by Crippen LogP contribution is 2.75. The molecule has 0 unspecified atom stereocenters. The minimum absolute atomic E-state index is 0.179. The molecule has 0 saturated heterocycles. The second-order valence-electron chi connectivity index (χ2n) is 17.1. The van der Waals surface area contributed by atoms with Crippen LogP contribution in [-0.4, -0.2) is 17.2 Å². The van der Waals surface area contributed by atoms with E-state index in [9.17, 15) is 9.59 Å². The number of fused-ring (bicyclic) bond motifs is 7. The van der Waals surface area contributed by atoms with Crippen molar-refractivity contribution >= 4 is 11.7 Å². The van der Waals surface area contributed by atoms with E-state index in [1.54, 1.807) is 5.57 Å². The Kier molecular flexibility index (Phi) is 5.91. The van der Waals surface area contributed by atoms with Gasteiger partial charge in [0.2, 0.25) is 5.91 Å². The highest BCUT2D eigenvalue weighted by atomic mass is 16.2. The summed E-state index contributed by atoms with van der Waals surface area (Å²) in [5.74, 6) is 2.34. The summed E-state index contributed by atoms with van der Waals surface area (Å²) in [6, 6.07) is 0. The molecule has 5 aliphatic carbocycles. The molecule has 208 valence electrons. The maximum absolute atomic E-state index is 13.6. The Morgan fingerprint density at radius 2 is 1.54 bits per heavy atom. The first-order valence-electron chi connectivity index (χ1n) is 15.4. The summed E-state index contributed by atoms with van der Waals surface area (Å²) in [5.41, 5.74) is 1.96. The predicted octanol–water partition coefficient (Wildman–Crippen LogP) is 8.27. The molecule has 37 heavy (non-hydrogen) atoms. The molecule has 4 fully saturated rings. The monoisotopic (exact) mass is 509 g/mol. The van der Waals surface area contributed by atoms with Crippen LogP contribution >= 0.6 is 0 Å². The van der Waals surface area contributed by atoms with Gasteiger partial charge in [0.25, 0.3) is 0 Å². The fourth-order valence-electron chi connectivity index (χ4n) is 10.9. The van der Waals surface area contributed by atoms with Crippen molar-refractivity contribution in [2.45, 2.75) is 139 Å². The third-order valence-corrected chi connectivity index (χ3v) is 13.6. The zero-order chi connectivity index (χ0) is 27.4. The maximum atomic E-state index is 13.6. The summed E-state index contributed by atoms with van der Waals surface area (Å²) >= 11 is 0. The van der Waals surface area contributed by atoms with Gasteiger partial charge in [-0.3, -0.25) is 9.59 Å². The molecule has 1 N–H and O–H groups in total.